The first-order valence-corrected chi connectivity index (χ1v) is 5.67. The Kier molecular flexibility index (Phi) is 5.09. The van der Waals surface area contributed by atoms with Crippen molar-refractivity contribution in [2.75, 3.05) is 18.4 Å². The molecule has 0 aliphatic rings. The summed E-state index contributed by atoms with van der Waals surface area (Å²) in [5.74, 6) is -1.28. The molecule has 0 atom stereocenters. The lowest BCUT2D eigenvalue weighted by atomic mass is 10.1. The first-order valence-electron chi connectivity index (χ1n) is 5.67. The third-order valence-corrected chi connectivity index (χ3v) is 2.48. The summed E-state index contributed by atoms with van der Waals surface area (Å²) in [6, 6.07) is 4.55. The first-order chi connectivity index (χ1) is 9.20. The Labute approximate surface area is 113 Å². The van der Waals surface area contributed by atoms with Crippen molar-refractivity contribution >= 4 is 17.5 Å². The van der Waals surface area contributed by atoms with Gasteiger partial charge in [-0.3, -0.25) is 9.59 Å². The Morgan fingerprint density at radius 2 is 1.95 bits per heavy atom. The van der Waals surface area contributed by atoms with Gasteiger partial charge in [0.25, 0.3) is 0 Å². The lowest BCUT2D eigenvalue weighted by Gasteiger charge is -2.12. The Morgan fingerprint density at radius 1 is 1.30 bits per heavy atom. The summed E-state index contributed by atoms with van der Waals surface area (Å²) in [4.78, 5) is 22.6. The van der Waals surface area contributed by atoms with Crippen molar-refractivity contribution in [2.45, 2.75) is 13.1 Å². The summed E-state index contributed by atoms with van der Waals surface area (Å²) in [5.41, 5.74) is 6.19. The van der Waals surface area contributed by atoms with Gasteiger partial charge >= 0.3 is 6.18 Å². The Bertz CT molecular complexity index is 515. The average molecular weight is 289 g/mol. The lowest BCUT2D eigenvalue weighted by Crippen LogP contribution is -2.35. The first kappa shape index (κ1) is 16.0. The highest BCUT2D eigenvalue weighted by Gasteiger charge is 2.26. The van der Waals surface area contributed by atoms with Gasteiger partial charge in [0.15, 0.2) is 0 Å². The van der Waals surface area contributed by atoms with Gasteiger partial charge < -0.3 is 16.4 Å². The van der Waals surface area contributed by atoms with Crippen LogP contribution in [0.1, 0.15) is 15.9 Å². The van der Waals surface area contributed by atoms with E-state index in [1.807, 2.05) is 5.32 Å². The van der Waals surface area contributed by atoms with E-state index in [9.17, 15) is 22.8 Å². The van der Waals surface area contributed by atoms with Crippen LogP contribution in [0.25, 0.3) is 0 Å². The minimum Gasteiger partial charge on any atom is -0.366 e. The fraction of sp³-hybridized carbons (Fsp3) is 0.333. The predicted molar refractivity (Wildman–Crippen MR) is 67.3 cm³/mol. The third kappa shape index (κ3) is 4.88. The van der Waals surface area contributed by atoms with Gasteiger partial charge in [-0.25, -0.2) is 0 Å². The van der Waals surface area contributed by atoms with Crippen LogP contribution < -0.4 is 16.4 Å². The highest BCUT2D eigenvalue weighted by molar-refractivity contribution is 5.98. The second-order valence-corrected chi connectivity index (χ2v) is 4.11. The van der Waals surface area contributed by atoms with Crippen LogP contribution in [-0.2, 0) is 4.79 Å². The second-order valence-electron chi connectivity index (χ2n) is 4.11. The van der Waals surface area contributed by atoms with Gasteiger partial charge in [0.1, 0.15) is 0 Å². The van der Waals surface area contributed by atoms with Crippen molar-refractivity contribution in [1.82, 2.24) is 5.32 Å². The van der Waals surface area contributed by atoms with Crippen molar-refractivity contribution in [3.8, 4) is 0 Å². The zero-order valence-corrected chi connectivity index (χ0v) is 10.7. The van der Waals surface area contributed by atoms with Gasteiger partial charge in [-0.1, -0.05) is 6.07 Å². The molecule has 0 saturated heterocycles. The number of carbonyl (C=O) groups is 2. The minimum atomic E-state index is -4.37. The molecule has 0 aromatic heterocycles. The standard InChI is InChI=1S/C12H14F3N3O2/c1-7-8(11(16)20)3-2-4-9(7)18-10(19)5-17-6-12(13,14)15/h2-4,17H,5-6H2,1H3,(H2,16,20)(H,18,19). The van der Waals surface area contributed by atoms with Crippen molar-refractivity contribution in [3.05, 3.63) is 29.3 Å². The number of amides is 2. The van der Waals surface area contributed by atoms with Crippen LogP contribution >= 0.6 is 0 Å². The number of hydrogen-bond acceptors (Lipinski definition) is 3. The SMILES string of the molecule is Cc1c(NC(=O)CNCC(F)(F)F)cccc1C(N)=O. The molecule has 0 fully saturated rings. The molecule has 0 bridgehead atoms. The summed E-state index contributed by atoms with van der Waals surface area (Å²) >= 11 is 0. The number of benzene rings is 1. The Morgan fingerprint density at radius 3 is 2.50 bits per heavy atom. The van der Waals surface area contributed by atoms with E-state index in [0.717, 1.165) is 0 Å². The van der Waals surface area contributed by atoms with E-state index in [-0.39, 0.29) is 5.56 Å². The van der Waals surface area contributed by atoms with Crippen LogP contribution in [0, 0.1) is 6.92 Å². The molecule has 0 unspecified atom stereocenters. The number of hydrogen-bond donors (Lipinski definition) is 3. The molecule has 0 spiro atoms. The number of nitrogens with two attached hydrogens (primary N) is 1. The number of carbonyl (C=O) groups excluding carboxylic acids is 2. The lowest BCUT2D eigenvalue weighted by molar-refractivity contribution is -0.126. The molecule has 4 N–H and O–H groups in total. The van der Waals surface area contributed by atoms with Gasteiger partial charge in [-0.15, -0.1) is 0 Å². The molecule has 1 rings (SSSR count). The smallest absolute Gasteiger partial charge is 0.366 e. The maximum absolute atomic E-state index is 11.9. The fourth-order valence-corrected chi connectivity index (χ4v) is 1.55. The van der Waals surface area contributed by atoms with Crippen LogP contribution in [-0.4, -0.2) is 31.1 Å². The van der Waals surface area contributed by atoms with Crippen molar-refractivity contribution < 1.29 is 22.8 Å². The Hall–Kier alpha value is -2.09. The summed E-state index contributed by atoms with van der Waals surface area (Å²) in [5, 5.41) is 4.39. The molecule has 5 nitrogen and oxygen atoms in total. The summed E-state index contributed by atoms with van der Waals surface area (Å²) < 4.78 is 35.7. The van der Waals surface area contributed by atoms with Crippen molar-refractivity contribution in [3.63, 3.8) is 0 Å². The molecule has 0 aliphatic carbocycles. The number of alkyl halides is 3. The molecule has 1 aromatic carbocycles. The number of halogens is 3. The average Bonchev–Trinajstić information content (AvgIpc) is 2.29. The monoisotopic (exact) mass is 289 g/mol. The van der Waals surface area contributed by atoms with Crippen LogP contribution in [0.4, 0.5) is 18.9 Å². The molecule has 0 heterocycles. The summed E-state index contributed by atoms with van der Waals surface area (Å²) in [7, 11) is 0. The number of nitrogens with one attached hydrogen (secondary N) is 2. The maximum Gasteiger partial charge on any atom is 0.401 e. The van der Waals surface area contributed by atoms with Crippen LogP contribution in [0.15, 0.2) is 18.2 Å². The van der Waals surface area contributed by atoms with Gasteiger partial charge in [0.05, 0.1) is 13.1 Å². The van der Waals surface area contributed by atoms with Gasteiger partial charge in [0, 0.05) is 11.3 Å². The third-order valence-electron chi connectivity index (χ3n) is 2.48. The van der Waals surface area contributed by atoms with Crippen LogP contribution in [0.5, 0.6) is 0 Å². The van der Waals surface area contributed by atoms with E-state index >= 15 is 0 Å². The minimum absolute atomic E-state index is 0.242. The van der Waals surface area contributed by atoms with E-state index in [2.05, 4.69) is 5.32 Å². The van der Waals surface area contributed by atoms with E-state index in [0.29, 0.717) is 11.3 Å². The summed E-state index contributed by atoms with van der Waals surface area (Å²) in [6.07, 6.45) is -4.37. The largest absolute Gasteiger partial charge is 0.401 e. The Balaban J connectivity index is 2.63. The highest BCUT2D eigenvalue weighted by Crippen LogP contribution is 2.18. The van der Waals surface area contributed by atoms with Crippen LogP contribution in [0.3, 0.4) is 0 Å². The number of primary amides is 1. The maximum atomic E-state index is 11.9. The molecule has 110 valence electrons. The molecule has 20 heavy (non-hydrogen) atoms. The molecule has 0 saturated carbocycles. The molecule has 8 heteroatoms. The van der Waals surface area contributed by atoms with Gasteiger partial charge in [-0.05, 0) is 24.6 Å². The van der Waals surface area contributed by atoms with Crippen molar-refractivity contribution in [1.29, 1.82) is 0 Å². The topological polar surface area (TPSA) is 84.2 Å². The van der Waals surface area contributed by atoms with E-state index in [1.54, 1.807) is 6.92 Å². The quantitative estimate of drug-likeness (QED) is 0.761. The number of anilines is 1. The highest BCUT2D eigenvalue weighted by atomic mass is 19.4. The zero-order valence-electron chi connectivity index (χ0n) is 10.7. The molecule has 0 aliphatic heterocycles. The van der Waals surface area contributed by atoms with Crippen molar-refractivity contribution in [2.24, 2.45) is 5.73 Å². The molecule has 1 aromatic rings. The zero-order chi connectivity index (χ0) is 15.3. The van der Waals surface area contributed by atoms with Gasteiger partial charge in [-0.2, -0.15) is 13.2 Å². The van der Waals surface area contributed by atoms with Gasteiger partial charge in [0.2, 0.25) is 11.8 Å². The summed E-state index contributed by atoms with van der Waals surface area (Å²) in [6.45, 7) is -0.153. The molecular weight excluding hydrogens is 275 g/mol. The fourth-order valence-electron chi connectivity index (χ4n) is 1.55. The molecule has 2 amide bonds. The van der Waals surface area contributed by atoms with E-state index in [4.69, 9.17) is 5.73 Å². The number of rotatable bonds is 5. The van der Waals surface area contributed by atoms with Crippen LogP contribution in [0.2, 0.25) is 0 Å². The predicted octanol–water partition coefficient (Wildman–Crippen LogP) is 1.18. The normalized spacial score (nSPS) is 11.2. The van der Waals surface area contributed by atoms with E-state index < -0.39 is 31.1 Å². The van der Waals surface area contributed by atoms with E-state index in [1.165, 1.54) is 18.2 Å². The second kappa shape index (κ2) is 6.38. The molecular formula is C12H14F3N3O2. The molecule has 0 radical (unpaired) electrons.